The van der Waals surface area contributed by atoms with E-state index in [0.29, 0.717) is 0 Å². The van der Waals surface area contributed by atoms with Crippen LogP contribution in [-0.4, -0.2) is 20.2 Å². The number of hydrogen-bond donors (Lipinski definition) is 1. The second kappa shape index (κ2) is 6.07. The normalized spacial score (nSPS) is 16.9. The lowest BCUT2D eigenvalue weighted by atomic mass is 9.89. The second-order valence-corrected chi connectivity index (χ2v) is 6.03. The molecule has 0 bridgehead atoms. The van der Waals surface area contributed by atoms with Gasteiger partial charge in [-0.25, -0.2) is 0 Å². The van der Waals surface area contributed by atoms with E-state index in [1.54, 1.807) is 7.11 Å². The van der Waals surface area contributed by atoms with Crippen molar-refractivity contribution >= 4 is 15.9 Å². The van der Waals surface area contributed by atoms with Crippen molar-refractivity contribution in [2.45, 2.75) is 33.1 Å². The molecule has 1 aromatic rings. The van der Waals surface area contributed by atoms with Crippen molar-refractivity contribution in [3.05, 3.63) is 27.2 Å². The summed E-state index contributed by atoms with van der Waals surface area (Å²) < 4.78 is 6.83. The Balaban J connectivity index is 2.29. The van der Waals surface area contributed by atoms with Crippen molar-refractivity contribution in [3.63, 3.8) is 0 Å². The first-order valence-electron chi connectivity index (χ1n) is 6.66. The van der Waals surface area contributed by atoms with Crippen LogP contribution in [0.25, 0.3) is 0 Å². The molecule has 1 fully saturated rings. The SMILES string of the molecule is COc1c(C)cc(C)c(Br)c1CC1CCNCC1. The summed E-state index contributed by atoms with van der Waals surface area (Å²) in [5, 5.41) is 3.42. The van der Waals surface area contributed by atoms with E-state index in [9.17, 15) is 0 Å². The molecule has 100 valence electrons. The van der Waals surface area contributed by atoms with Gasteiger partial charge in [-0.3, -0.25) is 0 Å². The van der Waals surface area contributed by atoms with Gasteiger partial charge in [0.1, 0.15) is 5.75 Å². The third-order valence-electron chi connectivity index (χ3n) is 3.83. The summed E-state index contributed by atoms with van der Waals surface area (Å²) in [6.07, 6.45) is 3.65. The van der Waals surface area contributed by atoms with E-state index in [1.807, 2.05) is 0 Å². The molecule has 1 aliphatic heterocycles. The maximum absolute atomic E-state index is 5.61. The molecule has 1 saturated heterocycles. The number of rotatable bonds is 3. The summed E-state index contributed by atoms with van der Waals surface area (Å²) >= 11 is 3.74. The molecule has 3 heteroatoms. The molecule has 1 aliphatic rings. The van der Waals surface area contributed by atoms with E-state index in [1.165, 1.54) is 34.0 Å². The topological polar surface area (TPSA) is 21.3 Å². The molecular weight excluding hydrogens is 290 g/mol. The van der Waals surface area contributed by atoms with Gasteiger partial charge in [-0.05, 0) is 63.2 Å². The minimum Gasteiger partial charge on any atom is -0.496 e. The maximum Gasteiger partial charge on any atom is 0.126 e. The van der Waals surface area contributed by atoms with Gasteiger partial charge in [-0.2, -0.15) is 0 Å². The fourth-order valence-electron chi connectivity index (χ4n) is 2.87. The van der Waals surface area contributed by atoms with E-state index < -0.39 is 0 Å². The summed E-state index contributed by atoms with van der Waals surface area (Å²) in [5.41, 5.74) is 3.89. The van der Waals surface area contributed by atoms with E-state index in [0.717, 1.165) is 31.2 Å². The summed E-state index contributed by atoms with van der Waals surface area (Å²) in [4.78, 5) is 0. The van der Waals surface area contributed by atoms with Crippen LogP contribution in [-0.2, 0) is 6.42 Å². The number of ether oxygens (including phenoxy) is 1. The second-order valence-electron chi connectivity index (χ2n) is 5.23. The molecule has 2 nitrogen and oxygen atoms in total. The third-order valence-corrected chi connectivity index (χ3v) is 4.94. The molecule has 0 aliphatic carbocycles. The summed E-state index contributed by atoms with van der Waals surface area (Å²) in [6.45, 7) is 6.58. The number of halogens is 1. The number of hydrogen-bond acceptors (Lipinski definition) is 2. The standard InChI is InChI=1S/C15H22BrNO/c1-10-8-11(2)15(18-3)13(14(10)16)9-12-4-6-17-7-5-12/h8,12,17H,4-7,9H2,1-3H3. The number of nitrogens with one attached hydrogen (secondary N) is 1. The fourth-order valence-corrected chi connectivity index (χ4v) is 3.33. The maximum atomic E-state index is 5.61. The number of methoxy groups -OCH3 is 1. The predicted octanol–water partition coefficient (Wildman–Crippen LogP) is 3.62. The largest absolute Gasteiger partial charge is 0.496 e. The third kappa shape index (κ3) is 2.89. The zero-order valence-electron chi connectivity index (χ0n) is 11.5. The molecule has 0 atom stereocenters. The van der Waals surface area contributed by atoms with Gasteiger partial charge < -0.3 is 10.1 Å². The lowest BCUT2D eigenvalue weighted by Gasteiger charge is -2.25. The molecule has 0 radical (unpaired) electrons. The van der Waals surface area contributed by atoms with Gasteiger partial charge in [0.25, 0.3) is 0 Å². The number of benzene rings is 1. The van der Waals surface area contributed by atoms with Crippen LogP contribution < -0.4 is 10.1 Å². The van der Waals surface area contributed by atoms with Gasteiger partial charge >= 0.3 is 0 Å². The molecular formula is C15H22BrNO. The van der Waals surface area contributed by atoms with Gasteiger partial charge in [-0.15, -0.1) is 0 Å². The molecule has 2 rings (SSSR count). The van der Waals surface area contributed by atoms with Crippen molar-refractivity contribution in [2.24, 2.45) is 5.92 Å². The Hall–Kier alpha value is -0.540. The van der Waals surface area contributed by atoms with Crippen LogP contribution in [0.4, 0.5) is 0 Å². The first-order valence-corrected chi connectivity index (χ1v) is 7.46. The van der Waals surface area contributed by atoms with Gasteiger partial charge in [-0.1, -0.05) is 22.0 Å². The van der Waals surface area contributed by atoms with Crippen molar-refractivity contribution in [1.82, 2.24) is 5.32 Å². The smallest absolute Gasteiger partial charge is 0.126 e. The van der Waals surface area contributed by atoms with E-state index in [2.05, 4.69) is 41.2 Å². The lowest BCUT2D eigenvalue weighted by molar-refractivity contribution is 0.359. The van der Waals surface area contributed by atoms with Crippen LogP contribution >= 0.6 is 15.9 Å². The average molecular weight is 312 g/mol. The highest BCUT2D eigenvalue weighted by molar-refractivity contribution is 9.10. The molecule has 0 aromatic heterocycles. The molecule has 0 amide bonds. The van der Waals surface area contributed by atoms with Gasteiger partial charge in [0, 0.05) is 10.0 Å². The summed E-state index contributed by atoms with van der Waals surface area (Å²) in [6, 6.07) is 2.19. The highest BCUT2D eigenvalue weighted by atomic mass is 79.9. The quantitative estimate of drug-likeness (QED) is 0.920. The van der Waals surface area contributed by atoms with Gasteiger partial charge in [0.05, 0.1) is 7.11 Å². The Labute approximate surface area is 118 Å². The zero-order chi connectivity index (χ0) is 13.1. The Bertz CT molecular complexity index is 425. The molecule has 0 spiro atoms. The monoisotopic (exact) mass is 311 g/mol. The Morgan fingerprint density at radius 3 is 2.56 bits per heavy atom. The molecule has 0 saturated carbocycles. The first kappa shape index (κ1) is 13.9. The Morgan fingerprint density at radius 1 is 1.28 bits per heavy atom. The van der Waals surface area contributed by atoms with Crippen molar-refractivity contribution in [3.8, 4) is 5.75 Å². The van der Waals surface area contributed by atoms with Crippen LogP contribution in [0.2, 0.25) is 0 Å². The van der Waals surface area contributed by atoms with Crippen molar-refractivity contribution < 1.29 is 4.74 Å². The zero-order valence-corrected chi connectivity index (χ0v) is 13.1. The Kier molecular flexibility index (Phi) is 4.68. The minimum atomic E-state index is 0.776. The molecule has 0 unspecified atom stereocenters. The lowest BCUT2D eigenvalue weighted by Crippen LogP contribution is -2.28. The van der Waals surface area contributed by atoms with Crippen LogP contribution in [0.15, 0.2) is 10.5 Å². The average Bonchev–Trinajstić information content (AvgIpc) is 2.37. The van der Waals surface area contributed by atoms with E-state index >= 15 is 0 Å². The highest BCUT2D eigenvalue weighted by Gasteiger charge is 2.19. The molecule has 18 heavy (non-hydrogen) atoms. The molecule has 1 aromatic carbocycles. The molecule has 1 N–H and O–H groups in total. The Morgan fingerprint density at radius 2 is 1.94 bits per heavy atom. The van der Waals surface area contributed by atoms with Crippen LogP contribution in [0, 0.1) is 19.8 Å². The summed E-state index contributed by atoms with van der Waals surface area (Å²) in [5.74, 6) is 1.84. The minimum absolute atomic E-state index is 0.776. The molecule has 1 heterocycles. The van der Waals surface area contributed by atoms with Crippen molar-refractivity contribution in [2.75, 3.05) is 20.2 Å². The fraction of sp³-hybridized carbons (Fsp3) is 0.600. The first-order chi connectivity index (χ1) is 8.63. The number of aryl methyl sites for hydroxylation is 2. The van der Waals surface area contributed by atoms with Crippen LogP contribution in [0.1, 0.15) is 29.5 Å². The highest BCUT2D eigenvalue weighted by Crippen LogP contribution is 2.36. The van der Waals surface area contributed by atoms with Gasteiger partial charge in [0.15, 0.2) is 0 Å². The number of piperidine rings is 1. The predicted molar refractivity (Wildman–Crippen MR) is 79.5 cm³/mol. The van der Waals surface area contributed by atoms with Gasteiger partial charge in [0.2, 0.25) is 0 Å². The van der Waals surface area contributed by atoms with E-state index in [-0.39, 0.29) is 0 Å². The van der Waals surface area contributed by atoms with Crippen LogP contribution in [0.5, 0.6) is 5.75 Å². The van der Waals surface area contributed by atoms with E-state index in [4.69, 9.17) is 4.74 Å². The van der Waals surface area contributed by atoms with Crippen molar-refractivity contribution in [1.29, 1.82) is 0 Å². The van der Waals surface area contributed by atoms with Crippen LogP contribution in [0.3, 0.4) is 0 Å². The summed E-state index contributed by atoms with van der Waals surface area (Å²) in [7, 11) is 1.77.